The smallest absolute Gasteiger partial charge is 0.305 e. The molecule has 3 heterocycles. The number of benzene rings is 1. The number of aliphatic carboxylic acids is 1. The molecule has 1 fully saturated rings. The van der Waals surface area contributed by atoms with Crippen molar-refractivity contribution < 1.29 is 19.4 Å². The fourth-order valence-corrected chi connectivity index (χ4v) is 3.94. The Balaban J connectivity index is 1.54. The zero-order valence-corrected chi connectivity index (χ0v) is 18.2. The van der Waals surface area contributed by atoms with Gasteiger partial charge in [0.1, 0.15) is 6.54 Å². The minimum absolute atomic E-state index is 0.149. The van der Waals surface area contributed by atoms with E-state index in [0.717, 1.165) is 5.69 Å². The Hall–Kier alpha value is -3.79. The maximum atomic E-state index is 12.8. The van der Waals surface area contributed by atoms with Crippen molar-refractivity contribution in [1.82, 2.24) is 19.9 Å². The highest BCUT2D eigenvalue weighted by molar-refractivity contribution is 5.79. The Bertz CT molecular complexity index is 1230. The van der Waals surface area contributed by atoms with Gasteiger partial charge in [-0.25, -0.2) is 4.98 Å². The van der Waals surface area contributed by atoms with Crippen LogP contribution in [0, 0.1) is 0 Å². The van der Waals surface area contributed by atoms with Crippen LogP contribution in [0.2, 0.25) is 0 Å². The number of nitrogens with zero attached hydrogens (tertiary/aromatic N) is 4. The number of morpholine rings is 1. The molecule has 1 saturated heterocycles. The Morgan fingerprint density at radius 1 is 1.30 bits per heavy atom. The number of para-hydroxylation sites is 1. The summed E-state index contributed by atoms with van der Waals surface area (Å²) < 4.78 is 6.69. The van der Waals surface area contributed by atoms with Crippen LogP contribution in [0.15, 0.2) is 53.8 Å². The van der Waals surface area contributed by atoms with Crippen LogP contribution in [0.3, 0.4) is 0 Å². The van der Waals surface area contributed by atoms with Crippen LogP contribution < -0.4 is 15.8 Å². The number of hydrogen-bond acceptors (Lipinski definition) is 7. The maximum absolute atomic E-state index is 12.8. The fourth-order valence-electron chi connectivity index (χ4n) is 3.94. The molecule has 0 saturated carbocycles. The highest BCUT2D eigenvalue weighted by Crippen LogP contribution is 2.24. The summed E-state index contributed by atoms with van der Waals surface area (Å²) in [4.78, 5) is 47.6. The molecule has 1 aliphatic rings. The van der Waals surface area contributed by atoms with Crippen LogP contribution in [-0.2, 0) is 20.9 Å². The third kappa shape index (κ3) is 5.17. The second kappa shape index (κ2) is 9.78. The lowest BCUT2D eigenvalue weighted by Gasteiger charge is -2.35. The van der Waals surface area contributed by atoms with Crippen LogP contribution in [-0.4, -0.2) is 57.3 Å². The van der Waals surface area contributed by atoms with Gasteiger partial charge in [-0.3, -0.25) is 23.9 Å². The van der Waals surface area contributed by atoms with E-state index in [1.54, 1.807) is 36.7 Å². The number of rotatable bonds is 7. The van der Waals surface area contributed by atoms with E-state index in [1.807, 2.05) is 13.0 Å². The summed E-state index contributed by atoms with van der Waals surface area (Å²) in [7, 11) is 0. The Kier molecular flexibility index (Phi) is 6.64. The lowest BCUT2D eigenvalue weighted by atomic mass is 10.0. The summed E-state index contributed by atoms with van der Waals surface area (Å²) >= 11 is 0. The topological polar surface area (TPSA) is 127 Å². The largest absolute Gasteiger partial charge is 0.481 e. The number of carbonyl (C=O) groups is 2. The monoisotopic (exact) mass is 451 g/mol. The van der Waals surface area contributed by atoms with Crippen molar-refractivity contribution in [3.63, 3.8) is 0 Å². The molecule has 0 bridgehead atoms. The molecule has 1 unspecified atom stereocenters. The Morgan fingerprint density at radius 3 is 2.91 bits per heavy atom. The van der Waals surface area contributed by atoms with Gasteiger partial charge < -0.3 is 20.1 Å². The van der Waals surface area contributed by atoms with Crippen LogP contribution in [0.5, 0.6) is 0 Å². The van der Waals surface area contributed by atoms with Crippen molar-refractivity contribution in [1.29, 1.82) is 0 Å². The number of anilines is 1. The van der Waals surface area contributed by atoms with Gasteiger partial charge in [0.2, 0.25) is 5.91 Å². The molecule has 2 N–H and O–H groups in total. The number of carbonyl (C=O) groups excluding carboxylic acids is 1. The Morgan fingerprint density at radius 2 is 2.12 bits per heavy atom. The van der Waals surface area contributed by atoms with Crippen molar-refractivity contribution in [2.45, 2.75) is 32.0 Å². The van der Waals surface area contributed by atoms with Gasteiger partial charge in [-0.2, -0.15) is 0 Å². The zero-order valence-electron chi connectivity index (χ0n) is 18.2. The summed E-state index contributed by atoms with van der Waals surface area (Å²) in [6.07, 6.45) is 4.26. The molecular weight excluding hydrogens is 426 g/mol. The fraction of sp³-hybridized carbons (Fsp3) is 0.348. The summed E-state index contributed by atoms with van der Waals surface area (Å²) in [5, 5.41) is 12.6. The second-order valence-electron chi connectivity index (χ2n) is 8.01. The van der Waals surface area contributed by atoms with Crippen molar-refractivity contribution in [2.75, 3.05) is 24.7 Å². The molecule has 1 amide bonds. The van der Waals surface area contributed by atoms with E-state index in [4.69, 9.17) is 4.74 Å². The van der Waals surface area contributed by atoms with Crippen LogP contribution in [0.1, 0.15) is 24.9 Å². The quantitative estimate of drug-likeness (QED) is 0.551. The minimum Gasteiger partial charge on any atom is -0.481 e. The molecule has 0 spiro atoms. The van der Waals surface area contributed by atoms with Crippen molar-refractivity contribution in [3.8, 4) is 0 Å². The number of aromatic nitrogens is 3. The summed E-state index contributed by atoms with van der Waals surface area (Å²) in [5.74, 6) is -1.56. The van der Waals surface area contributed by atoms with Gasteiger partial charge in [0.25, 0.3) is 5.56 Å². The molecule has 2 aromatic heterocycles. The zero-order chi connectivity index (χ0) is 23.4. The lowest BCUT2D eigenvalue weighted by Crippen LogP contribution is -2.43. The minimum atomic E-state index is -1.06. The highest BCUT2D eigenvalue weighted by atomic mass is 16.5. The normalized spacial score (nSPS) is 17.0. The summed E-state index contributed by atoms with van der Waals surface area (Å²) in [6.45, 7) is 3.64. The van der Waals surface area contributed by atoms with E-state index in [0.29, 0.717) is 36.2 Å². The molecule has 33 heavy (non-hydrogen) atoms. The number of fused-ring (bicyclic) bond motifs is 1. The van der Waals surface area contributed by atoms with Gasteiger partial charge in [0.15, 0.2) is 0 Å². The number of amides is 1. The lowest BCUT2D eigenvalue weighted by molar-refractivity contribution is -0.137. The summed E-state index contributed by atoms with van der Waals surface area (Å²) in [5.41, 5.74) is 1.62. The van der Waals surface area contributed by atoms with E-state index < -0.39 is 17.9 Å². The van der Waals surface area contributed by atoms with Gasteiger partial charge in [-0.1, -0.05) is 12.1 Å². The first-order valence-corrected chi connectivity index (χ1v) is 10.7. The van der Waals surface area contributed by atoms with Crippen LogP contribution in [0.25, 0.3) is 10.9 Å². The van der Waals surface area contributed by atoms with E-state index in [9.17, 15) is 19.5 Å². The first-order chi connectivity index (χ1) is 15.9. The molecule has 0 radical (unpaired) electrons. The molecule has 1 aliphatic heterocycles. The van der Waals surface area contributed by atoms with Gasteiger partial charge in [-0.05, 0) is 30.7 Å². The average molecular weight is 451 g/mol. The predicted octanol–water partition coefficient (Wildman–Crippen LogP) is 1.35. The first-order valence-electron chi connectivity index (χ1n) is 10.7. The van der Waals surface area contributed by atoms with Gasteiger partial charge >= 0.3 is 5.97 Å². The van der Waals surface area contributed by atoms with Crippen LogP contribution in [0.4, 0.5) is 5.69 Å². The molecule has 172 valence electrons. The van der Waals surface area contributed by atoms with Crippen molar-refractivity contribution in [2.24, 2.45) is 0 Å². The molecule has 3 aromatic rings. The maximum Gasteiger partial charge on any atom is 0.305 e. The molecule has 10 heteroatoms. The SMILES string of the molecule is C[C@H]1COCCN1c1cncc(C(CC(=O)O)NC(=O)Cn2cnc3ccccc3c2=O)c1. The number of hydrogen-bond donors (Lipinski definition) is 2. The van der Waals surface area contributed by atoms with E-state index in [-0.39, 0.29) is 24.6 Å². The van der Waals surface area contributed by atoms with Crippen LogP contribution >= 0.6 is 0 Å². The van der Waals surface area contributed by atoms with E-state index in [1.165, 1.54) is 10.9 Å². The van der Waals surface area contributed by atoms with Gasteiger partial charge in [0.05, 0.1) is 54.8 Å². The number of nitrogens with one attached hydrogen (secondary N) is 1. The van der Waals surface area contributed by atoms with Gasteiger partial charge in [0, 0.05) is 18.8 Å². The first kappa shape index (κ1) is 22.4. The number of carboxylic acid groups (broad SMARTS) is 1. The molecule has 4 rings (SSSR count). The molecule has 0 aliphatic carbocycles. The van der Waals surface area contributed by atoms with E-state index in [2.05, 4.69) is 20.2 Å². The third-order valence-electron chi connectivity index (χ3n) is 5.61. The molecule has 2 atom stereocenters. The van der Waals surface area contributed by atoms with Crippen molar-refractivity contribution >= 4 is 28.5 Å². The number of carboxylic acids is 1. The Labute approximate surface area is 189 Å². The van der Waals surface area contributed by atoms with E-state index >= 15 is 0 Å². The molecule has 10 nitrogen and oxygen atoms in total. The second-order valence-corrected chi connectivity index (χ2v) is 8.01. The third-order valence-corrected chi connectivity index (χ3v) is 5.61. The van der Waals surface area contributed by atoms with Gasteiger partial charge in [-0.15, -0.1) is 0 Å². The standard InChI is InChI=1S/C23H25N5O5/c1-15-13-33-7-6-28(15)17-8-16(10-24-11-17)20(9-22(30)31)26-21(29)12-27-14-25-19-5-3-2-4-18(19)23(27)32/h2-5,8,10-11,14-15,20H,6-7,9,12-13H2,1H3,(H,26,29)(H,30,31)/t15-,20?/m0/s1. The number of ether oxygens (including phenoxy) is 1. The number of pyridine rings is 1. The molecule has 1 aromatic carbocycles. The molecular formula is C23H25N5O5. The summed E-state index contributed by atoms with van der Waals surface area (Å²) in [6, 6.07) is 8.07. The van der Waals surface area contributed by atoms with Crippen molar-refractivity contribution in [3.05, 3.63) is 65.0 Å². The highest BCUT2D eigenvalue weighted by Gasteiger charge is 2.23. The average Bonchev–Trinajstić information content (AvgIpc) is 2.81. The predicted molar refractivity (Wildman–Crippen MR) is 121 cm³/mol.